The van der Waals surface area contributed by atoms with E-state index in [-0.39, 0.29) is 5.91 Å². The Balaban J connectivity index is 2.10. The van der Waals surface area contributed by atoms with Crippen LogP contribution in [0.15, 0.2) is 60.7 Å². The zero-order chi connectivity index (χ0) is 13.5. The first kappa shape index (κ1) is 13.0. The van der Waals surface area contributed by atoms with Crippen LogP contribution in [-0.4, -0.2) is 19.2 Å². The summed E-state index contributed by atoms with van der Waals surface area (Å²) in [7, 11) is 1.54. The third kappa shape index (κ3) is 3.74. The van der Waals surface area contributed by atoms with Gasteiger partial charge in [-0.05, 0) is 24.3 Å². The van der Waals surface area contributed by atoms with Crippen LogP contribution in [0.4, 0.5) is 0 Å². The highest BCUT2D eigenvalue weighted by atomic mass is 16.7. The van der Waals surface area contributed by atoms with Crippen molar-refractivity contribution in [2.75, 3.05) is 7.05 Å². The fourth-order valence-electron chi connectivity index (χ4n) is 1.49. The Morgan fingerprint density at radius 2 is 1.32 bits per heavy atom. The summed E-state index contributed by atoms with van der Waals surface area (Å²) < 4.78 is 11.1. The highest BCUT2D eigenvalue weighted by Crippen LogP contribution is 2.15. The second kappa shape index (κ2) is 6.44. The smallest absolute Gasteiger partial charge is 0.321 e. The van der Waals surface area contributed by atoms with Gasteiger partial charge in [0.05, 0.1) is 0 Å². The normalized spacial score (nSPS) is 10.0. The predicted octanol–water partition coefficient (Wildman–Crippen LogP) is 2.22. The Labute approximate surface area is 112 Å². The van der Waals surface area contributed by atoms with Crippen LogP contribution in [-0.2, 0) is 4.79 Å². The zero-order valence-electron chi connectivity index (χ0n) is 10.6. The largest absolute Gasteiger partial charge is 0.446 e. The molecule has 0 spiro atoms. The molecular formula is C15H15NO3. The van der Waals surface area contributed by atoms with Crippen molar-refractivity contribution in [3.05, 3.63) is 60.7 Å². The van der Waals surface area contributed by atoms with Gasteiger partial charge in [-0.15, -0.1) is 0 Å². The molecule has 0 saturated carbocycles. The van der Waals surface area contributed by atoms with E-state index in [4.69, 9.17) is 9.47 Å². The van der Waals surface area contributed by atoms with Gasteiger partial charge in [0.15, 0.2) is 0 Å². The predicted molar refractivity (Wildman–Crippen MR) is 72.0 cm³/mol. The number of carbonyl (C=O) groups excluding carboxylic acids is 1. The van der Waals surface area contributed by atoms with E-state index < -0.39 is 6.29 Å². The SMILES string of the molecule is CNC(=O)C(Oc1ccccc1)Oc1ccccc1. The summed E-state index contributed by atoms with van der Waals surface area (Å²) in [6, 6.07) is 18.2. The van der Waals surface area contributed by atoms with Crippen LogP contribution in [0.1, 0.15) is 0 Å². The van der Waals surface area contributed by atoms with Gasteiger partial charge < -0.3 is 14.8 Å². The minimum atomic E-state index is -1.02. The molecule has 1 N–H and O–H groups in total. The Morgan fingerprint density at radius 1 is 0.895 bits per heavy atom. The average molecular weight is 257 g/mol. The molecule has 0 unspecified atom stereocenters. The molecule has 0 heterocycles. The summed E-state index contributed by atoms with van der Waals surface area (Å²) in [5.41, 5.74) is 0. The minimum Gasteiger partial charge on any atom is -0.446 e. The van der Waals surface area contributed by atoms with Gasteiger partial charge in [-0.3, -0.25) is 4.79 Å². The first-order valence-corrected chi connectivity index (χ1v) is 5.94. The Bertz CT molecular complexity index is 472. The van der Waals surface area contributed by atoms with E-state index in [0.717, 1.165) is 0 Å². The van der Waals surface area contributed by atoms with Crippen LogP contribution in [0.3, 0.4) is 0 Å². The van der Waals surface area contributed by atoms with E-state index in [1.165, 1.54) is 7.05 Å². The van der Waals surface area contributed by atoms with Gasteiger partial charge >= 0.3 is 12.2 Å². The number of carbonyl (C=O) groups is 1. The highest BCUT2D eigenvalue weighted by Gasteiger charge is 2.21. The number of nitrogens with one attached hydrogen (secondary N) is 1. The molecule has 2 aromatic rings. The van der Waals surface area contributed by atoms with Gasteiger partial charge in [0.2, 0.25) is 0 Å². The summed E-state index contributed by atoms with van der Waals surface area (Å²) in [6.45, 7) is 0. The fraction of sp³-hybridized carbons (Fsp3) is 0.133. The van der Waals surface area contributed by atoms with Crippen molar-refractivity contribution in [1.82, 2.24) is 5.32 Å². The maximum atomic E-state index is 11.8. The molecule has 98 valence electrons. The third-order valence-corrected chi connectivity index (χ3v) is 2.43. The molecule has 0 bridgehead atoms. The van der Waals surface area contributed by atoms with E-state index in [2.05, 4.69) is 5.32 Å². The lowest BCUT2D eigenvalue weighted by Crippen LogP contribution is -2.40. The van der Waals surface area contributed by atoms with Gasteiger partial charge in [0.1, 0.15) is 11.5 Å². The lowest BCUT2D eigenvalue weighted by Gasteiger charge is -2.18. The van der Waals surface area contributed by atoms with Gasteiger partial charge in [0.25, 0.3) is 0 Å². The van der Waals surface area contributed by atoms with Crippen molar-refractivity contribution in [3.63, 3.8) is 0 Å². The maximum Gasteiger partial charge on any atom is 0.321 e. The lowest BCUT2D eigenvalue weighted by atomic mass is 10.3. The molecule has 0 aromatic heterocycles. The maximum absolute atomic E-state index is 11.8. The van der Waals surface area contributed by atoms with Crippen LogP contribution in [0, 0.1) is 0 Å². The molecule has 2 aromatic carbocycles. The van der Waals surface area contributed by atoms with E-state index >= 15 is 0 Å². The van der Waals surface area contributed by atoms with Crippen molar-refractivity contribution < 1.29 is 14.3 Å². The topological polar surface area (TPSA) is 47.6 Å². The molecule has 0 saturated heterocycles. The average Bonchev–Trinajstić information content (AvgIpc) is 2.48. The molecule has 0 aliphatic carbocycles. The van der Waals surface area contributed by atoms with E-state index in [1.807, 2.05) is 36.4 Å². The van der Waals surface area contributed by atoms with E-state index in [9.17, 15) is 4.79 Å². The molecule has 0 fully saturated rings. The summed E-state index contributed by atoms with van der Waals surface area (Å²) in [6.07, 6.45) is -1.02. The Kier molecular flexibility index (Phi) is 4.39. The number of hydrogen-bond donors (Lipinski definition) is 1. The van der Waals surface area contributed by atoms with Crippen LogP contribution >= 0.6 is 0 Å². The van der Waals surface area contributed by atoms with Crippen LogP contribution < -0.4 is 14.8 Å². The first-order valence-electron chi connectivity index (χ1n) is 5.94. The number of likely N-dealkylation sites (N-methyl/N-ethyl adjacent to an activating group) is 1. The van der Waals surface area contributed by atoms with Gasteiger partial charge in [-0.2, -0.15) is 0 Å². The molecule has 0 atom stereocenters. The number of ether oxygens (including phenoxy) is 2. The molecule has 0 radical (unpaired) electrons. The number of amides is 1. The summed E-state index contributed by atoms with van der Waals surface area (Å²) in [5.74, 6) is 0.812. The monoisotopic (exact) mass is 257 g/mol. The zero-order valence-corrected chi connectivity index (χ0v) is 10.6. The van der Waals surface area contributed by atoms with Crippen molar-refractivity contribution in [2.45, 2.75) is 6.29 Å². The van der Waals surface area contributed by atoms with Crippen molar-refractivity contribution in [3.8, 4) is 11.5 Å². The summed E-state index contributed by atoms with van der Waals surface area (Å²) >= 11 is 0. The molecular weight excluding hydrogens is 242 g/mol. The van der Waals surface area contributed by atoms with Crippen molar-refractivity contribution in [1.29, 1.82) is 0 Å². The molecule has 0 aliphatic rings. The van der Waals surface area contributed by atoms with Crippen LogP contribution in [0.5, 0.6) is 11.5 Å². The van der Waals surface area contributed by atoms with Crippen LogP contribution in [0.25, 0.3) is 0 Å². The van der Waals surface area contributed by atoms with E-state index in [0.29, 0.717) is 11.5 Å². The quantitative estimate of drug-likeness (QED) is 0.835. The molecule has 1 amide bonds. The second-order valence-corrected chi connectivity index (χ2v) is 3.81. The molecule has 0 aliphatic heterocycles. The summed E-state index contributed by atoms with van der Waals surface area (Å²) in [5, 5.41) is 2.52. The molecule has 4 heteroatoms. The minimum absolute atomic E-state index is 0.340. The van der Waals surface area contributed by atoms with E-state index in [1.54, 1.807) is 24.3 Å². The fourth-order valence-corrected chi connectivity index (χ4v) is 1.49. The van der Waals surface area contributed by atoms with Gasteiger partial charge in [-0.1, -0.05) is 36.4 Å². The van der Waals surface area contributed by atoms with Crippen molar-refractivity contribution >= 4 is 5.91 Å². The van der Waals surface area contributed by atoms with Crippen LogP contribution in [0.2, 0.25) is 0 Å². The van der Waals surface area contributed by atoms with Crippen molar-refractivity contribution in [2.24, 2.45) is 0 Å². The Morgan fingerprint density at radius 3 is 1.68 bits per heavy atom. The summed E-state index contributed by atoms with van der Waals surface area (Å²) in [4.78, 5) is 11.8. The molecule has 4 nitrogen and oxygen atoms in total. The van der Waals surface area contributed by atoms with Gasteiger partial charge in [0, 0.05) is 7.05 Å². The molecule has 2 rings (SSSR count). The first-order chi connectivity index (χ1) is 9.29. The highest BCUT2D eigenvalue weighted by molar-refractivity contribution is 5.79. The number of rotatable bonds is 5. The standard InChI is InChI=1S/C15H15NO3/c1-16-14(17)15(18-12-8-4-2-5-9-12)19-13-10-6-3-7-11-13/h2-11,15H,1H3,(H,16,17). The lowest BCUT2D eigenvalue weighted by molar-refractivity contribution is -0.139. The number of hydrogen-bond acceptors (Lipinski definition) is 3. The Hall–Kier alpha value is -2.49. The molecule has 19 heavy (non-hydrogen) atoms. The third-order valence-electron chi connectivity index (χ3n) is 2.43. The van der Waals surface area contributed by atoms with Gasteiger partial charge in [-0.25, -0.2) is 0 Å². The number of para-hydroxylation sites is 2. The second-order valence-electron chi connectivity index (χ2n) is 3.81. The number of benzene rings is 2.